The molecule has 2 aliphatic rings. The van der Waals surface area contributed by atoms with Crippen molar-refractivity contribution in [2.24, 2.45) is 0 Å². The minimum absolute atomic E-state index is 0.0536. The van der Waals surface area contributed by atoms with E-state index in [1.807, 2.05) is 39.0 Å². The molecule has 2 heterocycles. The molecule has 2 aliphatic heterocycles. The van der Waals surface area contributed by atoms with Crippen LogP contribution in [-0.4, -0.2) is 60.4 Å². The fraction of sp³-hybridized carbons (Fsp3) is 0.440. The largest absolute Gasteiger partial charge is 0.482 e. The van der Waals surface area contributed by atoms with Crippen molar-refractivity contribution in [2.45, 2.75) is 39.5 Å². The molecular weight excluding hydrogens is 458 g/mol. The van der Waals surface area contributed by atoms with Crippen LogP contribution in [0.15, 0.2) is 36.4 Å². The van der Waals surface area contributed by atoms with E-state index in [4.69, 9.17) is 21.1 Å². The summed E-state index contributed by atoms with van der Waals surface area (Å²) < 4.78 is 11.0. The number of fused-ring (bicyclic) bond motifs is 1. The summed E-state index contributed by atoms with van der Waals surface area (Å²) in [5.41, 5.74) is 2.71. The summed E-state index contributed by atoms with van der Waals surface area (Å²) >= 11 is 6.45. The van der Waals surface area contributed by atoms with Crippen LogP contribution < -0.4 is 14.5 Å². The van der Waals surface area contributed by atoms with Crippen molar-refractivity contribution >= 4 is 35.0 Å². The standard InChI is InChI=1S/C25H30ClN3O5/c1-25(2,3)34-24(32)28-8-6-27(7-9-28)20-11-18(10-19(26)13-20)14-29-21-5-4-17(15-30)12-22(21)33-16-23(29)31/h4-5,10-13,30H,6-9,14-16H2,1-3H3. The molecule has 0 atom stereocenters. The number of aliphatic hydroxyl groups excluding tert-OH is 1. The molecule has 0 bridgehead atoms. The summed E-state index contributed by atoms with van der Waals surface area (Å²) in [5, 5.41) is 9.97. The van der Waals surface area contributed by atoms with Crippen molar-refractivity contribution in [3.63, 3.8) is 0 Å². The van der Waals surface area contributed by atoms with Gasteiger partial charge in [-0.25, -0.2) is 4.79 Å². The van der Waals surface area contributed by atoms with Gasteiger partial charge < -0.3 is 29.3 Å². The van der Waals surface area contributed by atoms with Crippen molar-refractivity contribution in [1.29, 1.82) is 0 Å². The van der Waals surface area contributed by atoms with E-state index in [9.17, 15) is 14.7 Å². The molecule has 0 radical (unpaired) electrons. The molecule has 182 valence electrons. The summed E-state index contributed by atoms with van der Waals surface area (Å²) in [6, 6.07) is 11.1. The summed E-state index contributed by atoms with van der Waals surface area (Å²) in [6.07, 6.45) is -0.298. The van der Waals surface area contributed by atoms with Crippen LogP contribution in [0.2, 0.25) is 5.02 Å². The average molecular weight is 488 g/mol. The lowest BCUT2D eigenvalue weighted by atomic mass is 10.1. The molecule has 1 saturated heterocycles. The normalized spacial score (nSPS) is 16.3. The first kappa shape index (κ1) is 24.2. The summed E-state index contributed by atoms with van der Waals surface area (Å²) in [6.45, 7) is 8.20. The van der Waals surface area contributed by atoms with Gasteiger partial charge in [0, 0.05) is 36.9 Å². The van der Waals surface area contributed by atoms with E-state index < -0.39 is 5.60 Å². The van der Waals surface area contributed by atoms with Gasteiger partial charge in [-0.2, -0.15) is 0 Å². The lowest BCUT2D eigenvalue weighted by molar-refractivity contribution is -0.121. The molecule has 34 heavy (non-hydrogen) atoms. The molecule has 8 nitrogen and oxygen atoms in total. The van der Waals surface area contributed by atoms with Crippen molar-refractivity contribution in [3.8, 4) is 5.75 Å². The summed E-state index contributed by atoms with van der Waals surface area (Å²) in [7, 11) is 0. The highest BCUT2D eigenvalue weighted by Gasteiger charge is 2.28. The lowest BCUT2D eigenvalue weighted by Gasteiger charge is -2.37. The molecule has 2 aromatic rings. The van der Waals surface area contributed by atoms with Crippen molar-refractivity contribution in [3.05, 3.63) is 52.5 Å². The third-order valence-corrected chi connectivity index (χ3v) is 5.95. The molecule has 0 unspecified atom stereocenters. The van der Waals surface area contributed by atoms with E-state index in [2.05, 4.69) is 4.90 Å². The van der Waals surface area contributed by atoms with Crippen molar-refractivity contribution < 1.29 is 24.2 Å². The average Bonchev–Trinajstić information content (AvgIpc) is 2.79. The Morgan fingerprint density at radius 3 is 2.50 bits per heavy atom. The fourth-order valence-electron chi connectivity index (χ4n) is 4.08. The zero-order valence-electron chi connectivity index (χ0n) is 19.7. The maximum atomic E-state index is 12.6. The Morgan fingerprint density at radius 2 is 1.82 bits per heavy atom. The van der Waals surface area contributed by atoms with Crippen LogP contribution in [-0.2, 0) is 22.7 Å². The third-order valence-electron chi connectivity index (χ3n) is 5.73. The Kier molecular flexibility index (Phi) is 6.91. The molecule has 2 amide bonds. The van der Waals surface area contributed by atoms with E-state index in [1.165, 1.54) is 0 Å². The Hall–Kier alpha value is -2.97. The van der Waals surface area contributed by atoms with Gasteiger partial charge in [0.25, 0.3) is 5.91 Å². The fourth-order valence-corrected chi connectivity index (χ4v) is 4.34. The van der Waals surface area contributed by atoms with Crippen molar-refractivity contribution in [1.82, 2.24) is 4.90 Å². The Labute approximate surface area is 204 Å². The number of amides is 2. The number of anilines is 2. The number of piperazine rings is 1. The van der Waals surface area contributed by atoms with Crippen LogP contribution >= 0.6 is 11.6 Å². The molecule has 0 aliphatic carbocycles. The molecule has 2 aromatic carbocycles. The van der Waals surface area contributed by atoms with E-state index >= 15 is 0 Å². The second-order valence-corrected chi connectivity index (χ2v) is 9.94. The molecular formula is C25H30ClN3O5. The third kappa shape index (κ3) is 5.56. The Bertz CT molecular complexity index is 1080. The number of nitrogens with zero attached hydrogens (tertiary/aromatic N) is 3. The van der Waals surface area contributed by atoms with E-state index in [0.717, 1.165) is 16.8 Å². The number of rotatable bonds is 4. The van der Waals surface area contributed by atoms with E-state index in [1.54, 1.807) is 28.0 Å². The van der Waals surface area contributed by atoms with Gasteiger partial charge in [-0.3, -0.25) is 4.79 Å². The number of hydrogen-bond donors (Lipinski definition) is 1. The zero-order valence-corrected chi connectivity index (χ0v) is 20.5. The number of hydrogen-bond acceptors (Lipinski definition) is 6. The number of benzene rings is 2. The van der Waals surface area contributed by atoms with Gasteiger partial charge >= 0.3 is 6.09 Å². The minimum Gasteiger partial charge on any atom is -0.482 e. The number of carbonyl (C=O) groups excluding carboxylic acids is 2. The van der Waals surface area contributed by atoms with Gasteiger partial charge in [0.15, 0.2) is 6.61 Å². The number of aliphatic hydroxyl groups is 1. The minimum atomic E-state index is -0.523. The molecule has 1 N–H and O–H groups in total. The smallest absolute Gasteiger partial charge is 0.410 e. The van der Waals surface area contributed by atoms with Crippen molar-refractivity contribution in [2.75, 3.05) is 42.6 Å². The summed E-state index contributed by atoms with van der Waals surface area (Å²) in [5.74, 6) is 0.434. The van der Waals surface area contributed by atoms with Gasteiger partial charge in [-0.05, 0) is 62.2 Å². The highest BCUT2D eigenvalue weighted by atomic mass is 35.5. The molecule has 0 spiro atoms. The molecule has 0 saturated carbocycles. The SMILES string of the molecule is CC(C)(C)OC(=O)N1CCN(c2cc(Cl)cc(CN3C(=O)COc4cc(CO)ccc43)c2)CC1. The van der Waals surface area contributed by atoms with Gasteiger partial charge in [0.2, 0.25) is 0 Å². The van der Waals surface area contributed by atoms with Crippen LogP contribution in [0.3, 0.4) is 0 Å². The molecule has 0 aromatic heterocycles. The molecule has 9 heteroatoms. The van der Waals surface area contributed by atoms with Crippen LogP contribution in [0.5, 0.6) is 5.75 Å². The Morgan fingerprint density at radius 1 is 1.09 bits per heavy atom. The maximum Gasteiger partial charge on any atom is 0.410 e. The monoisotopic (exact) mass is 487 g/mol. The second kappa shape index (κ2) is 9.72. The zero-order chi connectivity index (χ0) is 24.5. The van der Waals surface area contributed by atoms with E-state index in [0.29, 0.717) is 49.2 Å². The predicted octanol–water partition coefficient (Wildman–Crippen LogP) is 3.82. The molecule has 4 rings (SSSR count). The van der Waals surface area contributed by atoms with Crippen LogP contribution in [0.1, 0.15) is 31.9 Å². The summed E-state index contributed by atoms with van der Waals surface area (Å²) in [4.78, 5) is 30.6. The first-order valence-corrected chi connectivity index (χ1v) is 11.7. The maximum absolute atomic E-state index is 12.6. The number of carbonyl (C=O) groups is 2. The van der Waals surface area contributed by atoms with Crippen LogP contribution in [0.25, 0.3) is 0 Å². The number of ether oxygens (including phenoxy) is 2. The van der Waals surface area contributed by atoms with Gasteiger partial charge in [0.05, 0.1) is 18.8 Å². The quantitative estimate of drug-likeness (QED) is 0.706. The van der Waals surface area contributed by atoms with Gasteiger partial charge in [-0.1, -0.05) is 17.7 Å². The molecule has 1 fully saturated rings. The number of halogens is 1. The van der Waals surface area contributed by atoms with Gasteiger partial charge in [0.1, 0.15) is 11.4 Å². The van der Waals surface area contributed by atoms with Crippen LogP contribution in [0.4, 0.5) is 16.2 Å². The van der Waals surface area contributed by atoms with E-state index in [-0.39, 0.29) is 25.2 Å². The Balaban J connectivity index is 1.48. The first-order chi connectivity index (χ1) is 16.1. The van der Waals surface area contributed by atoms with Crippen LogP contribution in [0, 0.1) is 0 Å². The highest BCUT2D eigenvalue weighted by Crippen LogP contribution is 2.35. The predicted molar refractivity (Wildman–Crippen MR) is 131 cm³/mol. The second-order valence-electron chi connectivity index (χ2n) is 9.50. The topological polar surface area (TPSA) is 82.6 Å². The first-order valence-electron chi connectivity index (χ1n) is 11.3. The lowest BCUT2D eigenvalue weighted by Crippen LogP contribution is -2.50. The van der Waals surface area contributed by atoms with Gasteiger partial charge in [-0.15, -0.1) is 0 Å². The highest BCUT2D eigenvalue weighted by molar-refractivity contribution is 6.31.